The molecule has 158 valence electrons. The van der Waals surface area contributed by atoms with Crippen LogP contribution in [0.3, 0.4) is 0 Å². The van der Waals surface area contributed by atoms with Crippen LogP contribution in [0.25, 0.3) is 0 Å². The number of carbonyl (C=O) groups excluding carboxylic acids is 1. The summed E-state index contributed by atoms with van der Waals surface area (Å²) in [6.45, 7) is 6.32. The van der Waals surface area contributed by atoms with Crippen LogP contribution in [0.2, 0.25) is 0 Å². The van der Waals surface area contributed by atoms with Gasteiger partial charge in [-0.2, -0.15) is 4.31 Å². The highest BCUT2D eigenvalue weighted by Crippen LogP contribution is 2.28. The molecule has 1 fully saturated rings. The number of sulfonamides is 1. The molecule has 9 heteroatoms. The van der Waals surface area contributed by atoms with Crippen molar-refractivity contribution in [3.05, 3.63) is 28.2 Å². The standard InChI is InChI=1S/C19H29BrN2O5S/c1-4-16(5-2)22(10-11-26-3)19(23)15-6-7-17(20)18(14-15)28(24,25)21-8-12-27-13-9-21/h6-7,14,16H,4-5,8-13H2,1-3H3. The molecule has 1 aromatic carbocycles. The maximum Gasteiger partial charge on any atom is 0.254 e. The molecule has 1 amide bonds. The molecular formula is C19H29BrN2O5S. The summed E-state index contributed by atoms with van der Waals surface area (Å²) >= 11 is 3.34. The van der Waals surface area contributed by atoms with E-state index in [1.165, 1.54) is 10.4 Å². The fourth-order valence-electron chi connectivity index (χ4n) is 3.29. The Morgan fingerprint density at radius 3 is 2.50 bits per heavy atom. The second kappa shape index (κ2) is 10.7. The molecule has 1 heterocycles. The first-order valence-electron chi connectivity index (χ1n) is 9.54. The quantitative estimate of drug-likeness (QED) is 0.547. The zero-order valence-electron chi connectivity index (χ0n) is 16.7. The minimum atomic E-state index is -3.71. The lowest BCUT2D eigenvalue weighted by atomic mass is 10.1. The van der Waals surface area contributed by atoms with Crippen molar-refractivity contribution >= 4 is 31.9 Å². The summed E-state index contributed by atoms with van der Waals surface area (Å²) in [5, 5.41) is 0. The SMILES string of the molecule is CCC(CC)N(CCOC)C(=O)c1ccc(Br)c(S(=O)(=O)N2CCOCC2)c1. The Morgan fingerprint density at radius 2 is 1.93 bits per heavy atom. The van der Waals surface area contributed by atoms with Crippen LogP contribution < -0.4 is 0 Å². The van der Waals surface area contributed by atoms with Crippen molar-refractivity contribution in [2.75, 3.05) is 46.6 Å². The van der Waals surface area contributed by atoms with Crippen molar-refractivity contribution in [3.63, 3.8) is 0 Å². The Morgan fingerprint density at radius 1 is 1.29 bits per heavy atom. The van der Waals surface area contributed by atoms with Crippen molar-refractivity contribution in [3.8, 4) is 0 Å². The van der Waals surface area contributed by atoms with E-state index >= 15 is 0 Å². The first-order valence-corrected chi connectivity index (χ1v) is 11.8. The van der Waals surface area contributed by atoms with E-state index in [0.717, 1.165) is 12.8 Å². The highest BCUT2D eigenvalue weighted by Gasteiger charge is 2.30. The van der Waals surface area contributed by atoms with Crippen molar-refractivity contribution in [1.29, 1.82) is 0 Å². The molecule has 0 atom stereocenters. The summed E-state index contributed by atoms with van der Waals surface area (Å²) in [6.07, 6.45) is 1.64. The van der Waals surface area contributed by atoms with Crippen LogP contribution in [-0.4, -0.2) is 76.1 Å². The van der Waals surface area contributed by atoms with Crippen LogP contribution >= 0.6 is 15.9 Å². The number of halogens is 1. The highest BCUT2D eigenvalue weighted by atomic mass is 79.9. The molecule has 28 heavy (non-hydrogen) atoms. The van der Waals surface area contributed by atoms with Gasteiger partial charge >= 0.3 is 0 Å². The predicted molar refractivity (Wildman–Crippen MR) is 111 cm³/mol. The normalized spacial score (nSPS) is 15.8. The van der Waals surface area contributed by atoms with E-state index < -0.39 is 10.0 Å². The molecule has 7 nitrogen and oxygen atoms in total. The first-order chi connectivity index (χ1) is 13.4. The fourth-order valence-corrected chi connectivity index (χ4v) is 5.65. The number of hydrogen-bond acceptors (Lipinski definition) is 5. The van der Waals surface area contributed by atoms with Crippen molar-refractivity contribution in [1.82, 2.24) is 9.21 Å². The van der Waals surface area contributed by atoms with Gasteiger partial charge in [-0.05, 0) is 47.0 Å². The number of nitrogens with zero attached hydrogens (tertiary/aromatic N) is 2. The van der Waals surface area contributed by atoms with Gasteiger partial charge in [0.25, 0.3) is 5.91 Å². The lowest BCUT2D eigenvalue weighted by molar-refractivity contribution is 0.0589. The van der Waals surface area contributed by atoms with Gasteiger partial charge in [-0.1, -0.05) is 13.8 Å². The second-order valence-electron chi connectivity index (χ2n) is 6.62. The lowest BCUT2D eigenvalue weighted by Crippen LogP contribution is -2.42. The van der Waals surface area contributed by atoms with E-state index in [4.69, 9.17) is 9.47 Å². The first kappa shape index (κ1) is 23.3. The van der Waals surface area contributed by atoms with Crippen LogP contribution in [0.5, 0.6) is 0 Å². The number of rotatable bonds is 9. The minimum absolute atomic E-state index is 0.0746. The average Bonchev–Trinajstić information content (AvgIpc) is 2.71. The summed E-state index contributed by atoms with van der Waals surface area (Å²) in [7, 11) is -2.11. The van der Waals surface area contributed by atoms with Gasteiger partial charge in [0.15, 0.2) is 0 Å². The Bertz CT molecular complexity index is 762. The molecule has 0 spiro atoms. The van der Waals surface area contributed by atoms with E-state index in [0.29, 0.717) is 49.5 Å². The van der Waals surface area contributed by atoms with Gasteiger partial charge in [0.2, 0.25) is 10.0 Å². The van der Waals surface area contributed by atoms with Gasteiger partial charge in [0, 0.05) is 42.8 Å². The van der Waals surface area contributed by atoms with E-state index in [-0.39, 0.29) is 16.8 Å². The molecule has 0 aromatic heterocycles. The Hall–Kier alpha value is -1.00. The minimum Gasteiger partial charge on any atom is -0.383 e. The summed E-state index contributed by atoms with van der Waals surface area (Å²) < 4.78 is 38.4. The smallest absolute Gasteiger partial charge is 0.254 e. The van der Waals surface area contributed by atoms with E-state index in [9.17, 15) is 13.2 Å². The molecule has 0 unspecified atom stereocenters. The second-order valence-corrected chi connectivity index (χ2v) is 9.38. The van der Waals surface area contributed by atoms with Gasteiger partial charge in [-0.3, -0.25) is 4.79 Å². The number of hydrogen-bond donors (Lipinski definition) is 0. The van der Waals surface area contributed by atoms with Crippen LogP contribution in [0.15, 0.2) is 27.6 Å². The number of methoxy groups -OCH3 is 1. The van der Waals surface area contributed by atoms with Gasteiger partial charge in [0.1, 0.15) is 0 Å². The highest BCUT2D eigenvalue weighted by molar-refractivity contribution is 9.10. The van der Waals surface area contributed by atoms with Gasteiger partial charge in [-0.25, -0.2) is 8.42 Å². The number of amides is 1. The Kier molecular flexibility index (Phi) is 8.88. The molecule has 1 aliphatic heterocycles. The molecular weight excluding hydrogens is 448 g/mol. The van der Waals surface area contributed by atoms with Crippen molar-refractivity contribution in [2.45, 2.75) is 37.6 Å². The van der Waals surface area contributed by atoms with Crippen LogP contribution in [0.1, 0.15) is 37.0 Å². The number of ether oxygens (including phenoxy) is 2. The average molecular weight is 477 g/mol. The summed E-state index contributed by atoms with van der Waals surface area (Å²) in [5.41, 5.74) is 0.359. The summed E-state index contributed by atoms with van der Waals surface area (Å²) in [6, 6.07) is 4.83. The lowest BCUT2D eigenvalue weighted by Gasteiger charge is -2.31. The van der Waals surface area contributed by atoms with Crippen LogP contribution in [0, 0.1) is 0 Å². The third-order valence-electron chi connectivity index (χ3n) is 4.95. The number of benzene rings is 1. The van der Waals surface area contributed by atoms with Crippen LogP contribution in [0.4, 0.5) is 0 Å². The zero-order chi connectivity index (χ0) is 20.7. The third kappa shape index (κ3) is 5.33. The fraction of sp³-hybridized carbons (Fsp3) is 0.632. The molecule has 1 aliphatic rings. The topological polar surface area (TPSA) is 76.2 Å². The molecule has 2 rings (SSSR count). The molecule has 1 saturated heterocycles. The summed E-state index contributed by atoms with van der Waals surface area (Å²) in [4.78, 5) is 15.1. The zero-order valence-corrected chi connectivity index (χ0v) is 19.1. The number of carbonyl (C=O) groups is 1. The third-order valence-corrected chi connectivity index (χ3v) is 7.84. The van der Waals surface area contributed by atoms with Gasteiger partial charge < -0.3 is 14.4 Å². The van der Waals surface area contributed by atoms with Gasteiger partial charge in [0.05, 0.1) is 24.7 Å². The summed E-state index contributed by atoms with van der Waals surface area (Å²) in [5.74, 6) is -0.184. The molecule has 0 radical (unpaired) electrons. The van der Waals surface area contributed by atoms with Crippen LogP contribution in [-0.2, 0) is 19.5 Å². The van der Waals surface area contributed by atoms with Gasteiger partial charge in [-0.15, -0.1) is 0 Å². The van der Waals surface area contributed by atoms with E-state index in [1.807, 2.05) is 13.8 Å². The molecule has 0 aliphatic carbocycles. The van der Waals surface area contributed by atoms with E-state index in [1.54, 1.807) is 24.1 Å². The predicted octanol–water partition coefficient (Wildman–Crippen LogP) is 2.75. The number of morpholine rings is 1. The van der Waals surface area contributed by atoms with Crippen molar-refractivity contribution in [2.24, 2.45) is 0 Å². The largest absolute Gasteiger partial charge is 0.383 e. The van der Waals surface area contributed by atoms with Crippen molar-refractivity contribution < 1.29 is 22.7 Å². The molecule has 0 N–H and O–H groups in total. The molecule has 1 aromatic rings. The Balaban J connectivity index is 2.37. The Labute approximate surface area is 176 Å². The van der Waals surface area contributed by atoms with E-state index in [2.05, 4.69) is 15.9 Å². The maximum atomic E-state index is 13.2. The maximum absolute atomic E-state index is 13.2. The monoisotopic (exact) mass is 476 g/mol. The molecule has 0 bridgehead atoms. The molecule has 0 saturated carbocycles.